The third-order valence-corrected chi connectivity index (χ3v) is 4.83. The topological polar surface area (TPSA) is 29.5 Å². The van der Waals surface area contributed by atoms with E-state index >= 15 is 0 Å². The van der Waals surface area contributed by atoms with Gasteiger partial charge in [-0.3, -0.25) is 4.79 Å². The maximum absolute atomic E-state index is 11.7. The molecule has 0 heterocycles. The molecule has 0 saturated heterocycles. The highest BCUT2D eigenvalue weighted by Gasteiger charge is 2.34. The number of amides is 1. The largest absolute Gasteiger partial charge is 0.497 e. The molecule has 0 radical (unpaired) electrons. The number of hydrogen-bond donors (Lipinski definition) is 0. The first-order chi connectivity index (χ1) is 10.1. The molecular weight excluding hydrogens is 262 g/mol. The Labute approximate surface area is 128 Å². The smallest absolute Gasteiger partial charge is 0.214 e. The molecule has 116 valence electrons. The van der Waals surface area contributed by atoms with Gasteiger partial charge in [0, 0.05) is 11.7 Å². The Kier molecular flexibility index (Phi) is 5.27. The van der Waals surface area contributed by atoms with Crippen LogP contribution in [0.15, 0.2) is 24.3 Å². The zero-order valence-corrected chi connectivity index (χ0v) is 13.6. The van der Waals surface area contributed by atoms with Gasteiger partial charge in [-0.1, -0.05) is 27.2 Å². The van der Waals surface area contributed by atoms with Crippen LogP contribution in [0, 0.1) is 17.8 Å². The van der Waals surface area contributed by atoms with Crippen molar-refractivity contribution in [2.75, 3.05) is 12.0 Å². The monoisotopic (exact) mass is 289 g/mol. The van der Waals surface area contributed by atoms with Crippen molar-refractivity contribution in [3.8, 4) is 5.75 Å². The lowest BCUT2D eigenvalue weighted by Gasteiger charge is -2.42. The van der Waals surface area contributed by atoms with Gasteiger partial charge in [-0.25, -0.2) is 0 Å². The van der Waals surface area contributed by atoms with E-state index in [0.29, 0.717) is 23.8 Å². The van der Waals surface area contributed by atoms with Crippen molar-refractivity contribution in [1.29, 1.82) is 0 Å². The fourth-order valence-electron chi connectivity index (χ4n) is 3.56. The van der Waals surface area contributed by atoms with Crippen LogP contribution in [0.4, 0.5) is 5.69 Å². The number of ether oxygens (including phenoxy) is 1. The summed E-state index contributed by atoms with van der Waals surface area (Å²) >= 11 is 0. The lowest BCUT2D eigenvalue weighted by Crippen LogP contribution is -2.45. The summed E-state index contributed by atoms with van der Waals surface area (Å²) in [6, 6.07) is 8.10. The summed E-state index contributed by atoms with van der Waals surface area (Å²) in [6.45, 7) is 6.83. The molecule has 3 heteroatoms. The molecule has 0 aliphatic heterocycles. The lowest BCUT2D eigenvalue weighted by molar-refractivity contribution is -0.108. The van der Waals surface area contributed by atoms with Gasteiger partial charge in [-0.15, -0.1) is 0 Å². The zero-order valence-electron chi connectivity index (χ0n) is 13.6. The first-order valence-corrected chi connectivity index (χ1v) is 7.94. The predicted octanol–water partition coefficient (Wildman–Crippen LogP) is 4.12. The highest BCUT2D eigenvalue weighted by Crippen LogP contribution is 2.37. The highest BCUT2D eigenvalue weighted by molar-refractivity contribution is 5.76. The number of methoxy groups -OCH3 is 1. The van der Waals surface area contributed by atoms with E-state index < -0.39 is 0 Å². The van der Waals surface area contributed by atoms with Crippen LogP contribution >= 0.6 is 0 Å². The van der Waals surface area contributed by atoms with Crippen LogP contribution in [-0.2, 0) is 4.79 Å². The number of carbonyl (C=O) groups excluding carboxylic acids is 1. The van der Waals surface area contributed by atoms with Gasteiger partial charge in [0.05, 0.1) is 7.11 Å². The first-order valence-electron chi connectivity index (χ1n) is 7.94. The average molecular weight is 289 g/mol. The molecule has 21 heavy (non-hydrogen) atoms. The summed E-state index contributed by atoms with van der Waals surface area (Å²) < 4.78 is 5.20. The van der Waals surface area contributed by atoms with Crippen molar-refractivity contribution in [1.82, 2.24) is 0 Å². The van der Waals surface area contributed by atoms with E-state index in [4.69, 9.17) is 4.74 Å². The summed E-state index contributed by atoms with van der Waals surface area (Å²) in [5, 5.41) is 0. The zero-order chi connectivity index (χ0) is 15.4. The van der Waals surface area contributed by atoms with Crippen molar-refractivity contribution in [2.45, 2.75) is 46.1 Å². The van der Waals surface area contributed by atoms with Crippen LogP contribution in [0.1, 0.15) is 40.0 Å². The van der Waals surface area contributed by atoms with Gasteiger partial charge in [0.25, 0.3) is 0 Å². The van der Waals surface area contributed by atoms with E-state index in [-0.39, 0.29) is 0 Å². The number of anilines is 1. The predicted molar refractivity (Wildman–Crippen MR) is 86.7 cm³/mol. The molecule has 2 rings (SSSR count). The van der Waals surface area contributed by atoms with E-state index in [1.54, 1.807) is 7.11 Å². The number of benzene rings is 1. The molecule has 0 N–H and O–H groups in total. The molecule has 1 aliphatic carbocycles. The summed E-state index contributed by atoms with van der Waals surface area (Å²) in [6.07, 6.45) is 4.58. The van der Waals surface area contributed by atoms with E-state index in [0.717, 1.165) is 24.3 Å². The lowest BCUT2D eigenvalue weighted by atomic mass is 9.73. The molecule has 1 saturated carbocycles. The Balaban J connectivity index is 2.25. The van der Waals surface area contributed by atoms with Crippen LogP contribution in [-0.4, -0.2) is 19.6 Å². The molecule has 0 aromatic heterocycles. The number of nitrogens with zero attached hydrogens (tertiary/aromatic N) is 1. The fraction of sp³-hybridized carbons (Fsp3) is 0.611. The summed E-state index contributed by atoms with van der Waals surface area (Å²) in [4.78, 5) is 13.7. The molecule has 0 bridgehead atoms. The third kappa shape index (κ3) is 3.58. The number of rotatable bonds is 5. The molecule has 1 aromatic rings. The fourth-order valence-corrected chi connectivity index (χ4v) is 3.56. The Bertz CT molecular complexity index is 455. The van der Waals surface area contributed by atoms with E-state index in [9.17, 15) is 4.79 Å². The minimum atomic E-state index is 0.305. The second-order valence-electron chi connectivity index (χ2n) is 6.60. The highest BCUT2D eigenvalue weighted by atomic mass is 16.5. The summed E-state index contributed by atoms with van der Waals surface area (Å²) in [5.41, 5.74) is 0.968. The first kappa shape index (κ1) is 15.9. The molecule has 0 spiro atoms. The maximum Gasteiger partial charge on any atom is 0.214 e. The molecule has 1 aliphatic rings. The quantitative estimate of drug-likeness (QED) is 0.763. The van der Waals surface area contributed by atoms with Crippen LogP contribution in [0.2, 0.25) is 0 Å². The van der Waals surface area contributed by atoms with Crippen molar-refractivity contribution >= 4 is 12.1 Å². The second-order valence-corrected chi connectivity index (χ2v) is 6.60. The van der Waals surface area contributed by atoms with Crippen molar-refractivity contribution in [2.24, 2.45) is 17.8 Å². The molecule has 1 fully saturated rings. The molecule has 3 atom stereocenters. The molecule has 3 nitrogen and oxygen atoms in total. The molecular formula is C18H27NO2. The minimum Gasteiger partial charge on any atom is -0.497 e. The molecule has 2 unspecified atom stereocenters. The van der Waals surface area contributed by atoms with Crippen molar-refractivity contribution < 1.29 is 9.53 Å². The summed E-state index contributed by atoms with van der Waals surface area (Å²) in [7, 11) is 1.66. The Morgan fingerprint density at radius 1 is 1.24 bits per heavy atom. The Morgan fingerprint density at radius 3 is 2.43 bits per heavy atom. The SMILES string of the molecule is COc1ccc(N(C=O)C2C[C@H](C)CCC2C(C)C)cc1. The van der Waals surface area contributed by atoms with Crippen LogP contribution < -0.4 is 9.64 Å². The van der Waals surface area contributed by atoms with Gasteiger partial charge in [0.1, 0.15) is 5.75 Å². The van der Waals surface area contributed by atoms with Gasteiger partial charge < -0.3 is 9.64 Å². The number of hydrogen-bond acceptors (Lipinski definition) is 2. The van der Waals surface area contributed by atoms with Crippen LogP contribution in [0.3, 0.4) is 0 Å². The Morgan fingerprint density at radius 2 is 1.90 bits per heavy atom. The third-order valence-electron chi connectivity index (χ3n) is 4.83. The van der Waals surface area contributed by atoms with Crippen LogP contribution in [0.5, 0.6) is 5.75 Å². The maximum atomic E-state index is 11.7. The van der Waals surface area contributed by atoms with Gasteiger partial charge in [-0.05, 0) is 54.9 Å². The summed E-state index contributed by atoms with van der Waals surface area (Å²) in [5.74, 6) is 2.68. The van der Waals surface area contributed by atoms with E-state index in [1.807, 2.05) is 29.2 Å². The average Bonchev–Trinajstić information content (AvgIpc) is 2.48. The molecule has 1 aromatic carbocycles. The van der Waals surface area contributed by atoms with Gasteiger partial charge >= 0.3 is 0 Å². The Hall–Kier alpha value is -1.51. The van der Waals surface area contributed by atoms with E-state index in [1.165, 1.54) is 12.8 Å². The van der Waals surface area contributed by atoms with Gasteiger partial charge in [0.2, 0.25) is 6.41 Å². The van der Waals surface area contributed by atoms with Crippen LogP contribution in [0.25, 0.3) is 0 Å². The van der Waals surface area contributed by atoms with Crippen molar-refractivity contribution in [3.63, 3.8) is 0 Å². The standard InChI is InChI=1S/C18H27NO2/c1-13(2)17-10-5-14(3)11-18(17)19(12-20)15-6-8-16(21-4)9-7-15/h6-9,12-14,17-18H,5,10-11H2,1-4H3/t14-,17?,18?/m1/s1. The second kappa shape index (κ2) is 6.97. The number of carbonyl (C=O) groups is 1. The van der Waals surface area contributed by atoms with E-state index in [2.05, 4.69) is 20.8 Å². The minimum absolute atomic E-state index is 0.305. The van der Waals surface area contributed by atoms with Gasteiger partial charge in [0.15, 0.2) is 0 Å². The molecule has 1 amide bonds. The van der Waals surface area contributed by atoms with Gasteiger partial charge in [-0.2, -0.15) is 0 Å². The van der Waals surface area contributed by atoms with Crippen molar-refractivity contribution in [3.05, 3.63) is 24.3 Å². The normalized spacial score (nSPS) is 25.7.